The first-order valence-corrected chi connectivity index (χ1v) is 6.00. The maximum absolute atomic E-state index is 6.09. The lowest BCUT2D eigenvalue weighted by Crippen LogP contribution is -2.02. The third-order valence-electron chi connectivity index (χ3n) is 1.79. The fourth-order valence-electron chi connectivity index (χ4n) is 1.13. The van der Waals surface area contributed by atoms with Gasteiger partial charge in [-0.05, 0) is 51.2 Å². The normalized spacial score (nSPS) is 10.6. The lowest BCUT2D eigenvalue weighted by Gasteiger charge is -2.04. The Kier molecular flexibility index (Phi) is 3.42. The monoisotopic (exact) mass is 354 g/mol. The number of nitrogens with zero attached hydrogens (tertiary/aromatic N) is 4. The van der Waals surface area contributed by atoms with Gasteiger partial charge in [0.1, 0.15) is 0 Å². The van der Waals surface area contributed by atoms with Gasteiger partial charge in [-0.1, -0.05) is 11.6 Å². The largest absolute Gasteiger partial charge is 0.195 e. The van der Waals surface area contributed by atoms with Crippen LogP contribution in [0, 0.1) is 3.57 Å². The molecule has 0 aliphatic rings. The Bertz CT molecular complexity index is 485. The van der Waals surface area contributed by atoms with Gasteiger partial charge in [0, 0.05) is 3.57 Å². The average molecular weight is 355 g/mol. The van der Waals surface area contributed by atoms with Crippen LogP contribution in [-0.4, -0.2) is 20.2 Å². The van der Waals surface area contributed by atoms with E-state index in [1.165, 1.54) is 4.68 Å². The summed E-state index contributed by atoms with van der Waals surface area (Å²) in [5.74, 6) is 0.815. The van der Waals surface area contributed by atoms with E-state index in [-0.39, 0.29) is 5.88 Å². The molecule has 2 rings (SSSR count). The molecule has 0 fully saturated rings. The van der Waals surface area contributed by atoms with Gasteiger partial charge in [0.2, 0.25) is 0 Å². The molecule has 0 radical (unpaired) electrons. The minimum Gasteiger partial charge on any atom is -0.195 e. The molecule has 0 atom stereocenters. The second kappa shape index (κ2) is 4.63. The first kappa shape index (κ1) is 11.1. The van der Waals surface area contributed by atoms with Crippen molar-refractivity contribution >= 4 is 45.8 Å². The van der Waals surface area contributed by atoms with Crippen LogP contribution in [-0.2, 0) is 5.88 Å². The number of aromatic nitrogens is 4. The van der Waals surface area contributed by atoms with Crippen LogP contribution in [0.3, 0.4) is 0 Å². The first-order chi connectivity index (χ1) is 7.22. The molecule has 15 heavy (non-hydrogen) atoms. The van der Waals surface area contributed by atoms with Crippen molar-refractivity contribution in [3.8, 4) is 5.69 Å². The summed E-state index contributed by atoms with van der Waals surface area (Å²) in [4.78, 5) is 0. The Hall–Kier alpha value is -0.400. The van der Waals surface area contributed by atoms with Crippen molar-refractivity contribution in [3.63, 3.8) is 0 Å². The van der Waals surface area contributed by atoms with Gasteiger partial charge in [-0.3, -0.25) is 0 Å². The van der Waals surface area contributed by atoms with E-state index >= 15 is 0 Å². The van der Waals surface area contributed by atoms with Gasteiger partial charge in [0.25, 0.3) is 0 Å². The summed E-state index contributed by atoms with van der Waals surface area (Å²) >= 11 is 14.0. The van der Waals surface area contributed by atoms with E-state index in [2.05, 4.69) is 38.1 Å². The molecule has 0 spiro atoms. The Morgan fingerprint density at radius 1 is 1.40 bits per heavy atom. The van der Waals surface area contributed by atoms with Crippen LogP contribution in [0.5, 0.6) is 0 Å². The maximum atomic E-state index is 6.09. The van der Waals surface area contributed by atoms with Crippen molar-refractivity contribution in [3.05, 3.63) is 32.6 Å². The van der Waals surface area contributed by atoms with E-state index in [0.29, 0.717) is 10.8 Å². The summed E-state index contributed by atoms with van der Waals surface area (Å²) in [6.45, 7) is 0. The molecule has 0 aliphatic carbocycles. The van der Waals surface area contributed by atoms with Crippen LogP contribution in [0.4, 0.5) is 0 Å². The number of hydrogen-bond donors (Lipinski definition) is 0. The number of benzene rings is 1. The number of tetrazole rings is 1. The first-order valence-electron chi connectivity index (χ1n) is 4.01. The van der Waals surface area contributed by atoms with Crippen molar-refractivity contribution in [1.82, 2.24) is 20.2 Å². The molecular weight excluding hydrogens is 350 g/mol. The molecule has 1 aromatic carbocycles. The van der Waals surface area contributed by atoms with Crippen molar-refractivity contribution in [1.29, 1.82) is 0 Å². The van der Waals surface area contributed by atoms with E-state index in [9.17, 15) is 0 Å². The predicted molar refractivity (Wildman–Crippen MR) is 66.4 cm³/mol. The van der Waals surface area contributed by atoms with Gasteiger partial charge in [-0.15, -0.1) is 16.7 Å². The molecule has 1 aromatic heterocycles. The van der Waals surface area contributed by atoms with Gasteiger partial charge >= 0.3 is 0 Å². The van der Waals surface area contributed by atoms with Crippen LogP contribution in [0.1, 0.15) is 5.82 Å². The van der Waals surface area contributed by atoms with Crippen LogP contribution >= 0.6 is 45.8 Å². The van der Waals surface area contributed by atoms with E-state index in [1.807, 2.05) is 18.2 Å². The SMILES string of the molecule is ClCc1nnnn1-c1ccc(I)cc1Cl. The molecular formula is C8H5Cl2IN4. The van der Waals surface area contributed by atoms with Crippen molar-refractivity contribution < 1.29 is 0 Å². The van der Waals surface area contributed by atoms with Crippen molar-refractivity contribution in [2.45, 2.75) is 5.88 Å². The van der Waals surface area contributed by atoms with Crippen LogP contribution in [0.25, 0.3) is 5.69 Å². The van der Waals surface area contributed by atoms with Crippen LogP contribution in [0.15, 0.2) is 18.2 Å². The zero-order valence-electron chi connectivity index (χ0n) is 7.36. The second-order valence-corrected chi connectivity index (χ2v) is 4.66. The fraction of sp³-hybridized carbons (Fsp3) is 0.125. The Morgan fingerprint density at radius 2 is 2.20 bits per heavy atom. The number of halogens is 3. The summed E-state index contributed by atoms with van der Waals surface area (Å²) in [6, 6.07) is 5.63. The molecule has 7 heteroatoms. The molecule has 0 saturated carbocycles. The highest BCUT2D eigenvalue weighted by Crippen LogP contribution is 2.22. The highest BCUT2D eigenvalue weighted by atomic mass is 127. The van der Waals surface area contributed by atoms with Gasteiger partial charge in [0.15, 0.2) is 5.82 Å². The zero-order valence-corrected chi connectivity index (χ0v) is 11.0. The zero-order chi connectivity index (χ0) is 10.8. The number of alkyl halides is 1. The number of hydrogen-bond acceptors (Lipinski definition) is 3. The second-order valence-electron chi connectivity index (χ2n) is 2.74. The summed E-state index contributed by atoms with van der Waals surface area (Å²) in [6.07, 6.45) is 0. The summed E-state index contributed by atoms with van der Waals surface area (Å²) in [7, 11) is 0. The molecule has 2 aromatic rings. The summed E-state index contributed by atoms with van der Waals surface area (Å²) in [5.41, 5.74) is 0.734. The highest BCUT2D eigenvalue weighted by Gasteiger charge is 2.10. The molecule has 1 heterocycles. The topological polar surface area (TPSA) is 43.6 Å². The summed E-state index contributed by atoms with van der Waals surface area (Å²) < 4.78 is 2.59. The quantitative estimate of drug-likeness (QED) is 0.615. The molecule has 0 bridgehead atoms. The minimum absolute atomic E-state index is 0.245. The third-order valence-corrected chi connectivity index (χ3v) is 3.00. The van der Waals surface area contributed by atoms with Crippen LogP contribution < -0.4 is 0 Å². The molecule has 0 amide bonds. The van der Waals surface area contributed by atoms with Gasteiger partial charge in [-0.25, -0.2) is 0 Å². The predicted octanol–water partition coefficient (Wildman–Crippen LogP) is 2.66. The average Bonchev–Trinajstić information content (AvgIpc) is 2.65. The molecule has 0 saturated heterocycles. The standard InChI is InChI=1S/C8H5Cl2IN4/c9-4-8-12-13-14-15(8)7-2-1-5(11)3-6(7)10/h1-3H,4H2. The smallest absolute Gasteiger partial charge is 0.171 e. The lowest BCUT2D eigenvalue weighted by atomic mass is 10.3. The third kappa shape index (κ3) is 2.24. The Balaban J connectivity index is 2.54. The molecule has 78 valence electrons. The van der Waals surface area contributed by atoms with Crippen LogP contribution in [0.2, 0.25) is 5.02 Å². The van der Waals surface area contributed by atoms with Gasteiger partial charge in [0.05, 0.1) is 16.6 Å². The maximum Gasteiger partial charge on any atom is 0.171 e. The van der Waals surface area contributed by atoms with E-state index in [4.69, 9.17) is 23.2 Å². The highest BCUT2D eigenvalue weighted by molar-refractivity contribution is 14.1. The molecule has 4 nitrogen and oxygen atoms in total. The minimum atomic E-state index is 0.245. The van der Waals surface area contributed by atoms with E-state index in [1.54, 1.807) is 0 Å². The fourth-order valence-corrected chi connectivity index (χ4v) is 2.23. The van der Waals surface area contributed by atoms with E-state index in [0.717, 1.165) is 9.26 Å². The molecule has 0 unspecified atom stereocenters. The summed E-state index contributed by atoms with van der Waals surface area (Å²) in [5, 5.41) is 11.8. The lowest BCUT2D eigenvalue weighted by molar-refractivity contribution is 0.777. The van der Waals surface area contributed by atoms with Crippen molar-refractivity contribution in [2.75, 3.05) is 0 Å². The van der Waals surface area contributed by atoms with Crippen molar-refractivity contribution in [2.24, 2.45) is 0 Å². The van der Waals surface area contributed by atoms with Gasteiger partial charge in [-0.2, -0.15) is 4.68 Å². The Morgan fingerprint density at radius 3 is 2.87 bits per heavy atom. The molecule has 0 aliphatic heterocycles. The Labute approximate surface area is 110 Å². The van der Waals surface area contributed by atoms with E-state index < -0.39 is 0 Å². The molecule has 0 N–H and O–H groups in total. The van der Waals surface area contributed by atoms with Gasteiger partial charge < -0.3 is 0 Å². The number of rotatable bonds is 2.